The average Bonchev–Trinajstić information content (AvgIpc) is 2.46. The number of morpholine rings is 1. The highest BCUT2D eigenvalue weighted by atomic mass is 79.9. The molecule has 1 aromatic carbocycles. The summed E-state index contributed by atoms with van der Waals surface area (Å²) in [4.78, 5) is 2.27. The second kappa shape index (κ2) is 5.43. The summed E-state index contributed by atoms with van der Waals surface area (Å²) < 4.78 is 5.86. The van der Waals surface area contributed by atoms with E-state index in [1.54, 1.807) is 0 Å². The molecule has 0 spiro atoms. The number of hydrogen-bond acceptors (Lipinski definition) is 4. The summed E-state index contributed by atoms with van der Waals surface area (Å²) in [5, 5.41) is 11.6. The number of fused-ring (bicyclic) bond motifs is 1. The van der Waals surface area contributed by atoms with Crippen molar-refractivity contribution in [1.29, 1.82) is 0 Å². The molecular weight excluding hydrogens is 306 g/mol. The van der Waals surface area contributed by atoms with Gasteiger partial charge in [0.05, 0.1) is 18.4 Å². The lowest BCUT2D eigenvalue weighted by molar-refractivity contribution is -0.00218. The van der Waals surface area contributed by atoms with E-state index in [4.69, 9.17) is 4.74 Å². The molecule has 0 N–H and O–H groups in total. The normalized spacial score (nSPS) is 23.8. The van der Waals surface area contributed by atoms with Gasteiger partial charge in [-0.25, -0.2) is 0 Å². The molecule has 0 saturated carbocycles. The summed E-state index contributed by atoms with van der Waals surface area (Å²) in [6.07, 6.45) is 2.21. The van der Waals surface area contributed by atoms with Crippen LogP contribution in [0, 0.1) is 0 Å². The van der Waals surface area contributed by atoms with Crippen LogP contribution in [0.25, 0.3) is 10.8 Å². The van der Waals surface area contributed by atoms with Gasteiger partial charge in [0, 0.05) is 29.2 Å². The maximum absolute atomic E-state index is 5.86. The van der Waals surface area contributed by atoms with Crippen LogP contribution in [0.3, 0.4) is 0 Å². The van der Waals surface area contributed by atoms with Crippen molar-refractivity contribution in [1.82, 2.24) is 10.2 Å². The van der Waals surface area contributed by atoms with Crippen LogP contribution in [0.1, 0.15) is 6.92 Å². The van der Waals surface area contributed by atoms with Gasteiger partial charge in [-0.1, -0.05) is 40.2 Å². The van der Waals surface area contributed by atoms with Gasteiger partial charge in [-0.15, -0.1) is 5.10 Å². The monoisotopic (exact) mass is 321 g/mol. The molecule has 0 aliphatic carbocycles. The molecule has 1 aromatic heterocycles. The Labute approximate surface area is 120 Å². The average molecular weight is 322 g/mol. The van der Waals surface area contributed by atoms with Crippen LogP contribution in [0.15, 0.2) is 30.5 Å². The molecule has 1 fully saturated rings. The van der Waals surface area contributed by atoms with Crippen molar-refractivity contribution in [3.8, 4) is 0 Å². The molecular formula is C14H16BrN3O. The van der Waals surface area contributed by atoms with Gasteiger partial charge in [-0.3, -0.25) is 0 Å². The smallest absolute Gasteiger partial charge is 0.159 e. The Kier molecular flexibility index (Phi) is 3.66. The summed E-state index contributed by atoms with van der Waals surface area (Å²) in [6.45, 7) is 3.80. The summed E-state index contributed by atoms with van der Waals surface area (Å²) in [6, 6.07) is 8.23. The largest absolute Gasteiger partial charge is 0.371 e. The fourth-order valence-corrected chi connectivity index (χ4v) is 2.91. The number of nitrogens with zero attached hydrogens (tertiary/aromatic N) is 3. The number of ether oxygens (including phenoxy) is 1. The molecule has 0 amide bonds. The summed E-state index contributed by atoms with van der Waals surface area (Å²) >= 11 is 3.50. The van der Waals surface area contributed by atoms with E-state index in [1.165, 1.54) is 0 Å². The number of rotatable bonds is 2. The van der Waals surface area contributed by atoms with Gasteiger partial charge in [-0.2, -0.15) is 5.10 Å². The first-order valence-electron chi connectivity index (χ1n) is 6.44. The molecule has 2 aromatic rings. The molecule has 4 nitrogen and oxygen atoms in total. The molecule has 1 aliphatic rings. The zero-order valence-corrected chi connectivity index (χ0v) is 12.4. The number of alkyl halides is 1. The first-order valence-corrected chi connectivity index (χ1v) is 7.57. The predicted molar refractivity (Wildman–Crippen MR) is 79.9 cm³/mol. The Hall–Kier alpha value is -1.20. The summed E-state index contributed by atoms with van der Waals surface area (Å²) in [5.41, 5.74) is 0. The molecule has 5 heteroatoms. The molecule has 1 saturated heterocycles. The molecule has 0 bridgehead atoms. The third-order valence-corrected chi connectivity index (χ3v) is 4.07. The lowest BCUT2D eigenvalue weighted by atomic mass is 10.1. The Morgan fingerprint density at radius 2 is 2.21 bits per heavy atom. The van der Waals surface area contributed by atoms with Gasteiger partial charge in [0.15, 0.2) is 5.82 Å². The Bertz CT molecular complexity index is 572. The number of benzene rings is 1. The van der Waals surface area contributed by atoms with Crippen LogP contribution in [-0.2, 0) is 4.74 Å². The number of aromatic nitrogens is 2. The van der Waals surface area contributed by atoms with Crippen LogP contribution in [0.4, 0.5) is 5.82 Å². The zero-order valence-electron chi connectivity index (χ0n) is 10.8. The van der Waals surface area contributed by atoms with Crippen LogP contribution in [0.5, 0.6) is 0 Å². The number of anilines is 1. The third-order valence-electron chi connectivity index (χ3n) is 3.35. The minimum absolute atomic E-state index is 0.199. The molecule has 2 heterocycles. The van der Waals surface area contributed by atoms with Crippen molar-refractivity contribution >= 4 is 32.5 Å². The Morgan fingerprint density at radius 1 is 1.37 bits per heavy atom. The molecule has 1 aliphatic heterocycles. The molecule has 3 rings (SSSR count). The first-order chi connectivity index (χ1) is 9.28. The maximum atomic E-state index is 5.86. The van der Waals surface area contributed by atoms with Crippen molar-refractivity contribution in [3.63, 3.8) is 0 Å². The predicted octanol–water partition coefficient (Wildman–Crippen LogP) is 2.62. The first kappa shape index (κ1) is 12.8. The topological polar surface area (TPSA) is 38.2 Å². The van der Waals surface area contributed by atoms with Crippen LogP contribution >= 0.6 is 15.9 Å². The van der Waals surface area contributed by atoms with E-state index in [9.17, 15) is 0 Å². The van der Waals surface area contributed by atoms with Gasteiger partial charge in [0.2, 0.25) is 0 Å². The highest BCUT2D eigenvalue weighted by molar-refractivity contribution is 9.09. The highest BCUT2D eigenvalue weighted by Crippen LogP contribution is 2.26. The second-order valence-corrected chi connectivity index (χ2v) is 5.53. The number of halogens is 1. The fraction of sp³-hybridized carbons (Fsp3) is 0.429. The third kappa shape index (κ3) is 2.58. The summed E-state index contributed by atoms with van der Waals surface area (Å²) in [7, 11) is 0. The van der Waals surface area contributed by atoms with Crippen molar-refractivity contribution < 1.29 is 4.74 Å². The van der Waals surface area contributed by atoms with E-state index in [0.29, 0.717) is 0 Å². The maximum Gasteiger partial charge on any atom is 0.159 e. The van der Waals surface area contributed by atoms with Crippen LogP contribution < -0.4 is 4.90 Å². The van der Waals surface area contributed by atoms with E-state index in [-0.39, 0.29) is 12.2 Å². The Balaban J connectivity index is 1.99. The van der Waals surface area contributed by atoms with Gasteiger partial charge >= 0.3 is 0 Å². The highest BCUT2D eigenvalue weighted by Gasteiger charge is 2.26. The molecule has 2 atom stereocenters. The van der Waals surface area contributed by atoms with Crippen LogP contribution in [-0.4, -0.2) is 40.8 Å². The zero-order chi connectivity index (χ0) is 13.2. The SMILES string of the molecule is CC1CN(c2nncc3ccccc23)CC(CBr)O1. The summed E-state index contributed by atoms with van der Waals surface area (Å²) in [5.74, 6) is 0.958. The van der Waals surface area contributed by atoms with Crippen molar-refractivity contribution in [3.05, 3.63) is 30.5 Å². The Morgan fingerprint density at radius 3 is 3.05 bits per heavy atom. The molecule has 0 radical (unpaired) electrons. The molecule has 2 unspecified atom stereocenters. The quantitative estimate of drug-likeness (QED) is 0.797. The number of hydrogen-bond donors (Lipinski definition) is 0. The van der Waals surface area contributed by atoms with Crippen molar-refractivity contribution in [2.45, 2.75) is 19.1 Å². The second-order valence-electron chi connectivity index (χ2n) is 4.88. The fourth-order valence-electron chi connectivity index (χ4n) is 2.55. The van der Waals surface area contributed by atoms with Gasteiger partial charge in [0.1, 0.15) is 0 Å². The standard InChI is InChI=1S/C14H16BrN3O/c1-10-8-18(9-12(6-15)19-10)14-13-5-3-2-4-11(13)7-16-17-14/h2-5,7,10,12H,6,8-9H2,1H3. The van der Waals surface area contributed by atoms with E-state index in [1.807, 2.05) is 18.3 Å². The van der Waals surface area contributed by atoms with E-state index in [0.717, 1.165) is 35.0 Å². The van der Waals surface area contributed by atoms with Gasteiger partial charge in [-0.05, 0) is 6.92 Å². The molecule has 100 valence electrons. The van der Waals surface area contributed by atoms with Gasteiger partial charge < -0.3 is 9.64 Å². The minimum atomic E-state index is 0.199. The van der Waals surface area contributed by atoms with E-state index >= 15 is 0 Å². The lowest BCUT2D eigenvalue weighted by Gasteiger charge is -2.37. The van der Waals surface area contributed by atoms with Crippen molar-refractivity contribution in [2.75, 3.05) is 23.3 Å². The van der Waals surface area contributed by atoms with Crippen molar-refractivity contribution in [2.24, 2.45) is 0 Å². The van der Waals surface area contributed by atoms with E-state index < -0.39 is 0 Å². The molecule has 19 heavy (non-hydrogen) atoms. The van der Waals surface area contributed by atoms with E-state index in [2.05, 4.69) is 50.1 Å². The minimum Gasteiger partial charge on any atom is -0.371 e. The lowest BCUT2D eigenvalue weighted by Crippen LogP contribution is -2.47. The van der Waals surface area contributed by atoms with Gasteiger partial charge in [0.25, 0.3) is 0 Å². The van der Waals surface area contributed by atoms with Crippen LogP contribution in [0.2, 0.25) is 0 Å².